The largest absolute Gasteiger partial charge is 0.497 e. The third-order valence-corrected chi connectivity index (χ3v) is 4.98. The van der Waals surface area contributed by atoms with Gasteiger partial charge in [-0.2, -0.15) is 0 Å². The molecule has 0 aliphatic carbocycles. The van der Waals surface area contributed by atoms with Gasteiger partial charge in [0.2, 0.25) is 0 Å². The number of anilines is 2. The van der Waals surface area contributed by atoms with Crippen molar-refractivity contribution in [3.05, 3.63) is 40.1 Å². The molecule has 0 spiro atoms. The highest BCUT2D eigenvalue weighted by Crippen LogP contribution is 2.36. The van der Waals surface area contributed by atoms with Crippen molar-refractivity contribution >= 4 is 34.7 Å². The van der Waals surface area contributed by atoms with Crippen LogP contribution in [0.15, 0.2) is 30.3 Å². The summed E-state index contributed by atoms with van der Waals surface area (Å²) < 4.78 is 9.89. The number of hydrogen-bond acceptors (Lipinski definition) is 5. The molecular formula is C18H22N2O4S. The Morgan fingerprint density at radius 1 is 1.04 bits per heavy atom. The molecule has 1 heterocycles. The number of amides is 2. The number of urea groups is 1. The molecule has 1 aromatic carbocycles. The van der Waals surface area contributed by atoms with Gasteiger partial charge in [0.15, 0.2) is 0 Å². The predicted molar refractivity (Wildman–Crippen MR) is 100.0 cm³/mol. The molecule has 0 unspecified atom stereocenters. The molecule has 0 radical (unpaired) electrons. The van der Waals surface area contributed by atoms with E-state index in [4.69, 9.17) is 9.47 Å². The molecule has 0 atom stereocenters. The van der Waals surface area contributed by atoms with Crippen LogP contribution in [0.1, 0.15) is 35.3 Å². The number of carbonyl (C=O) groups is 2. The van der Waals surface area contributed by atoms with Crippen LogP contribution < -0.4 is 15.4 Å². The second kappa shape index (κ2) is 7.57. The number of benzene rings is 1. The number of carbonyl (C=O) groups excluding carboxylic acids is 2. The molecular weight excluding hydrogens is 340 g/mol. The summed E-state index contributed by atoms with van der Waals surface area (Å²) in [6.07, 6.45) is 0. The molecule has 2 aromatic rings. The van der Waals surface area contributed by atoms with Gasteiger partial charge >= 0.3 is 12.0 Å². The number of ether oxygens (including phenoxy) is 2. The van der Waals surface area contributed by atoms with Crippen molar-refractivity contribution in [1.82, 2.24) is 0 Å². The maximum Gasteiger partial charge on any atom is 0.350 e. The van der Waals surface area contributed by atoms with E-state index in [0.29, 0.717) is 22.0 Å². The molecule has 25 heavy (non-hydrogen) atoms. The van der Waals surface area contributed by atoms with Gasteiger partial charge in [-0.25, -0.2) is 9.59 Å². The fourth-order valence-corrected chi connectivity index (χ4v) is 3.15. The summed E-state index contributed by atoms with van der Waals surface area (Å²) in [5.41, 5.74) is 0.914. The summed E-state index contributed by atoms with van der Waals surface area (Å²) in [5, 5.41) is 5.44. The molecule has 0 saturated carbocycles. The number of methoxy groups -OCH3 is 2. The highest BCUT2D eigenvalue weighted by Gasteiger charge is 2.24. The summed E-state index contributed by atoms with van der Waals surface area (Å²) in [6.45, 7) is 6.13. The van der Waals surface area contributed by atoms with Gasteiger partial charge in [-0.15, -0.1) is 11.3 Å². The zero-order valence-electron chi connectivity index (χ0n) is 14.9. The van der Waals surface area contributed by atoms with Crippen LogP contribution in [0.3, 0.4) is 0 Å². The second-order valence-corrected chi connectivity index (χ2v) is 7.45. The minimum Gasteiger partial charge on any atom is -0.497 e. The van der Waals surface area contributed by atoms with Gasteiger partial charge < -0.3 is 20.1 Å². The number of nitrogens with one attached hydrogen (secondary N) is 2. The van der Waals surface area contributed by atoms with Crippen LogP contribution in [0.5, 0.6) is 5.75 Å². The Morgan fingerprint density at radius 2 is 1.68 bits per heavy atom. The van der Waals surface area contributed by atoms with E-state index in [1.54, 1.807) is 31.4 Å². The lowest BCUT2D eigenvalue weighted by molar-refractivity contribution is 0.0607. The van der Waals surface area contributed by atoms with E-state index in [2.05, 4.69) is 10.6 Å². The van der Waals surface area contributed by atoms with Gasteiger partial charge in [0.1, 0.15) is 10.6 Å². The third-order valence-electron chi connectivity index (χ3n) is 3.44. The average Bonchev–Trinajstić information content (AvgIpc) is 2.98. The van der Waals surface area contributed by atoms with E-state index in [1.807, 2.05) is 26.8 Å². The predicted octanol–water partition coefficient (Wildman–Crippen LogP) is 4.48. The van der Waals surface area contributed by atoms with E-state index in [9.17, 15) is 9.59 Å². The average molecular weight is 362 g/mol. The molecule has 0 fully saturated rings. The summed E-state index contributed by atoms with van der Waals surface area (Å²) >= 11 is 1.32. The SMILES string of the molecule is COC(=O)c1sc(C(C)(C)C)cc1NC(=O)Nc1ccc(OC)cc1. The minimum atomic E-state index is -0.472. The van der Waals surface area contributed by atoms with Crippen molar-refractivity contribution in [3.8, 4) is 5.75 Å². The minimum absolute atomic E-state index is 0.139. The molecule has 1 aromatic heterocycles. The second-order valence-electron chi connectivity index (χ2n) is 6.40. The molecule has 6 nitrogen and oxygen atoms in total. The van der Waals surface area contributed by atoms with Crippen LogP contribution in [0.25, 0.3) is 0 Å². The molecule has 2 amide bonds. The van der Waals surface area contributed by atoms with Crippen molar-refractivity contribution in [2.75, 3.05) is 24.9 Å². The normalized spacial score (nSPS) is 10.9. The summed E-state index contributed by atoms with van der Waals surface area (Å²) in [6, 6.07) is 8.33. The monoisotopic (exact) mass is 362 g/mol. The Kier molecular flexibility index (Phi) is 5.69. The lowest BCUT2D eigenvalue weighted by Gasteiger charge is -2.15. The zero-order valence-corrected chi connectivity index (χ0v) is 15.7. The van der Waals surface area contributed by atoms with E-state index in [1.165, 1.54) is 18.4 Å². The van der Waals surface area contributed by atoms with Crippen LogP contribution >= 0.6 is 11.3 Å². The first kappa shape index (κ1) is 18.8. The van der Waals surface area contributed by atoms with Crippen LogP contribution in [0.2, 0.25) is 0 Å². The van der Waals surface area contributed by atoms with Crippen LogP contribution in [-0.2, 0) is 10.2 Å². The molecule has 7 heteroatoms. The fourth-order valence-electron chi connectivity index (χ4n) is 2.06. The first-order valence-electron chi connectivity index (χ1n) is 7.69. The highest BCUT2D eigenvalue weighted by atomic mass is 32.1. The van der Waals surface area contributed by atoms with Gasteiger partial charge in [-0.3, -0.25) is 0 Å². The van der Waals surface area contributed by atoms with Crippen LogP contribution in [-0.4, -0.2) is 26.2 Å². The standard InChI is InChI=1S/C18H22N2O4S/c1-18(2,3)14-10-13(15(25-14)16(21)24-5)20-17(22)19-11-6-8-12(23-4)9-7-11/h6-10H,1-5H3,(H2,19,20,22). The van der Waals surface area contributed by atoms with Crippen molar-refractivity contribution in [3.63, 3.8) is 0 Å². The summed E-state index contributed by atoms with van der Waals surface area (Å²) in [7, 11) is 2.90. The van der Waals surface area contributed by atoms with Crippen LogP contribution in [0, 0.1) is 0 Å². The van der Waals surface area contributed by atoms with Gasteiger partial charge in [0.25, 0.3) is 0 Å². The summed E-state index contributed by atoms with van der Waals surface area (Å²) in [5.74, 6) is 0.229. The first-order chi connectivity index (χ1) is 11.7. The van der Waals surface area contributed by atoms with Crippen molar-refractivity contribution in [2.45, 2.75) is 26.2 Å². The molecule has 0 aliphatic heterocycles. The fraction of sp³-hybridized carbons (Fsp3) is 0.333. The Morgan fingerprint density at radius 3 is 2.20 bits per heavy atom. The maximum absolute atomic E-state index is 12.3. The number of hydrogen-bond donors (Lipinski definition) is 2. The van der Waals surface area contributed by atoms with Crippen molar-refractivity contribution in [1.29, 1.82) is 0 Å². The Balaban J connectivity index is 2.18. The third kappa shape index (κ3) is 4.73. The van der Waals surface area contributed by atoms with E-state index in [0.717, 1.165) is 4.88 Å². The van der Waals surface area contributed by atoms with E-state index in [-0.39, 0.29) is 5.41 Å². The lowest BCUT2D eigenvalue weighted by atomic mass is 9.94. The lowest BCUT2D eigenvalue weighted by Crippen LogP contribution is -2.20. The molecule has 0 saturated heterocycles. The van der Waals surface area contributed by atoms with E-state index < -0.39 is 12.0 Å². The summed E-state index contributed by atoms with van der Waals surface area (Å²) in [4.78, 5) is 25.6. The molecule has 0 bridgehead atoms. The highest BCUT2D eigenvalue weighted by molar-refractivity contribution is 7.14. The topological polar surface area (TPSA) is 76.7 Å². The Bertz CT molecular complexity index is 760. The quantitative estimate of drug-likeness (QED) is 0.786. The van der Waals surface area contributed by atoms with Gasteiger partial charge in [0, 0.05) is 10.6 Å². The van der Waals surface area contributed by atoms with Crippen molar-refractivity contribution in [2.24, 2.45) is 0 Å². The van der Waals surface area contributed by atoms with E-state index >= 15 is 0 Å². The van der Waals surface area contributed by atoms with Gasteiger partial charge in [0.05, 0.1) is 19.9 Å². The van der Waals surface area contributed by atoms with Crippen LogP contribution in [0.4, 0.5) is 16.2 Å². The number of thiophene rings is 1. The smallest absolute Gasteiger partial charge is 0.350 e. The molecule has 134 valence electrons. The zero-order chi connectivity index (χ0) is 18.6. The van der Waals surface area contributed by atoms with Crippen molar-refractivity contribution < 1.29 is 19.1 Å². The molecule has 2 rings (SSSR count). The number of rotatable bonds is 4. The van der Waals surface area contributed by atoms with Gasteiger partial charge in [-0.1, -0.05) is 20.8 Å². The number of esters is 1. The first-order valence-corrected chi connectivity index (χ1v) is 8.51. The Labute approximate surface area is 151 Å². The molecule has 2 N–H and O–H groups in total. The molecule has 0 aliphatic rings. The Hall–Kier alpha value is -2.54. The van der Waals surface area contributed by atoms with Gasteiger partial charge in [-0.05, 0) is 35.7 Å². The maximum atomic E-state index is 12.3.